The summed E-state index contributed by atoms with van der Waals surface area (Å²) in [6.45, 7) is 2.67. The van der Waals surface area contributed by atoms with E-state index in [1.165, 1.54) is 0 Å². The SMILES string of the molecule is O=C(CCC1CCNC1)Nc1nccn1Cc1ccccc1Cl. The monoisotopic (exact) mass is 332 g/mol. The summed E-state index contributed by atoms with van der Waals surface area (Å²) >= 11 is 6.19. The molecule has 1 aromatic heterocycles. The number of halogens is 1. The van der Waals surface area contributed by atoms with Crippen molar-refractivity contribution in [1.82, 2.24) is 14.9 Å². The van der Waals surface area contributed by atoms with Crippen LogP contribution in [0.5, 0.6) is 0 Å². The van der Waals surface area contributed by atoms with Crippen molar-refractivity contribution in [3.05, 3.63) is 47.2 Å². The lowest BCUT2D eigenvalue weighted by molar-refractivity contribution is -0.116. The fourth-order valence-electron chi connectivity index (χ4n) is 2.85. The zero-order chi connectivity index (χ0) is 16.1. The number of aromatic nitrogens is 2. The van der Waals surface area contributed by atoms with Crippen LogP contribution in [0, 0.1) is 5.92 Å². The summed E-state index contributed by atoms with van der Waals surface area (Å²) in [4.78, 5) is 16.4. The van der Waals surface area contributed by atoms with Crippen LogP contribution in [0.25, 0.3) is 0 Å². The van der Waals surface area contributed by atoms with E-state index in [1.807, 2.05) is 35.0 Å². The molecule has 1 aromatic carbocycles. The number of imidazole rings is 1. The Labute approximate surface area is 141 Å². The van der Waals surface area contributed by atoms with Gasteiger partial charge >= 0.3 is 0 Å². The van der Waals surface area contributed by atoms with Gasteiger partial charge in [-0.3, -0.25) is 10.1 Å². The summed E-state index contributed by atoms with van der Waals surface area (Å²) in [6, 6.07) is 7.69. The highest BCUT2D eigenvalue weighted by atomic mass is 35.5. The van der Waals surface area contributed by atoms with E-state index in [-0.39, 0.29) is 5.91 Å². The van der Waals surface area contributed by atoms with Crippen LogP contribution in [0.15, 0.2) is 36.7 Å². The number of benzene rings is 1. The van der Waals surface area contributed by atoms with Crippen molar-refractivity contribution in [3.63, 3.8) is 0 Å². The molecule has 23 heavy (non-hydrogen) atoms. The van der Waals surface area contributed by atoms with Gasteiger partial charge in [0.05, 0.1) is 6.54 Å². The van der Waals surface area contributed by atoms with Gasteiger partial charge in [0.1, 0.15) is 0 Å². The maximum Gasteiger partial charge on any atom is 0.226 e. The van der Waals surface area contributed by atoms with Gasteiger partial charge in [0, 0.05) is 23.8 Å². The van der Waals surface area contributed by atoms with E-state index in [1.54, 1.807) is 6.20 Å². The summed E-state index contributed by atoms with van der Waals surface area (Å²) in [6.07, 6.45) is 6.15. The summed E-state index contributed by atoms with van der Waals surface area (Å²) in [5.41, 5.74) is 1.000. The van der Waals surface area contributed by atoms with E-state index < -0.39 is 0 Å². The van der Waals surface area contributed by atoms with Crippen molar-refractivity contribution < 1.29 is 4.79 Å². The van der Waals surface area contributed by atoms with Crippen molar-refractivity contribution >= 4 is 23.5 Å². The number of hydrogen-bond acceptors (Lipinski definition) is 3. The largest absolute Gasteiger partial charge is 0.316 e. The molecule has 2 heterocycles. The number of nitrogens with one attached hydrogen (secondary N) is 2. The Morgan fingerprint density at radius 3 is 3.09 bits per heavy atom. The molecule has 1 aliphatic heterocycles. The van der Waals surface area contributed by atoms with Crippen LogP contribution in [0.2, 0.25) is 5.02 Å². The minimum absolute atomic E-state index is 0.0171. The minimum atomic E-state index is 0.0171. The molecule has 0 spiro atoms. The lowest BCUT2D eigenvalue weighted by atomic mass is 10.0. The van der Waals surface area contributed by atoms with Gasteiger partial charge in [0.2, 0.25) is 11.9 Å². The highest BCUT2D eigenvalue weighted by Gasteiger charge is 2.16. The average molecular weight is 333 g/mol. The van der Waals surface area contributed by atoms with Gasteiger partial charge in [-0.1, -0.05) is 29.8 Å². The van der Waals surface area contributed by atoms with Crippen molar-refractivity contribution in [3.8, 4) is 0 Å². The molecule has 0 saturated carbocycles. The molecule has 1 fully saturated rings. The highest BCUT2D eigenvalue weighted by Crippen LogP contribution is 2.19. The summed E-state index contributed by atoms with van der Waals surface area (Å²) in [5, 5.41) is 6.94. The molecule has 3 rings (SSSR count). The molecule has 5 nitrogen and oxygen atoms in total. The van der Waals surface area contributed by atoms with Gasteiger partial charge in [-0.2, -0.15) is 0 Å². The van der Waals surface area contributed by atoms with Crippen molar-refractivity contribution in [2.24, 2.45) is 5.92 Å². The number of hydrogen-bond donors (Lipinski definition) is 2. The lowest BCUT2D eigenvalue weighted by Crippen LogP contribution is -2.17. The topological polar surface area (TPSA) is 59.0 Å². The molecule has 0 aliphatic carbocycles. The molecule has 1 amide bonds. The molecule has 1 saturated heterocycles. The molecule has 122 valence electrons. The Hall–Kier alpha value is -1.85. The van der Waals surface area contributed by atoms with E-state index in [4.69, 9.17) is 11.6 Å². The molecule has 2 aromatic rings. The molecule has 0 radical (unpaired) electrons. The van der Waals surface area contributed by atoms with Crippen LogP contribution in [-0.4, -0.2) is 28.5 Å². The third-order valence-electron chi connectivity index (χ3n) is 4.21. The molecule has 6 heteroatoms. The first kappa shape index (κ1) is 16.0. The zero-order valence-electron chi connectivity index (χ0n) is 13.0. The Morgan fingerprint density at radius 2 is 2.30 bits per heavy atom. The number of rotatable bonds is 6. The molecule has 1 unspecified atom stereocenters. The summed E-state index contributed by atoms with van der Waals surface area (Å²) in [5.74, 6) is 1.20. The molecule has 2 N–H and O–H groups in total. The Balaban J connectivity index is 1.57. The second kappa shape index (κ2) is 7.62. The molecule has 1 atom stereocenters. The third kappa shape index (κ3) is 4.33. The van der Waals surface area contributed by atoms with E-state index >= 15 is 0 Å². The summed E-state index contributed by atoms with van der Waals surface area (Å²) < 4.78 is 1.90. The van der Waals surface area contributed by atoms with Gasteiger partial charge < -0.3 is 9.88 Å². The second-order valence-electron chi connectivity index (χ2n) is 5.92. The standard InChI is InChI=1S/C17H21ClN4O/c18-15-4-2-1-3-14(15)12-22-10-9-20-17(22)21-16(23)6-5-13-7-8-19-11-13/h1-4,9-10,13,19H,5-8,11-12H2,(H,20,21,23). The molecular formula is C17H21ClN4O. The Bertz CT molecular complexity index is 664. The van der Waals surface area contributed by atoms with Gasteiger partial charge in [-0.15, -0.1) is 0 Å². The summed E-state index contributed by atoms with van der Waals surface area (Å²) in [7, 11) is 0. The lowest BCUT2D eigenvalue weighted by Gasteiger charge is -2.11. The van der Waals surface area contributed by atoms with Crippen LogP contribution in [-0.2, 0) is 11.3 Å². The van der Waals surface area contributed by atoms with Crippen molar-refractivity contribution in [1.29, 1.82) is 0 Å². The first-order valence-electron chi connectivity index (χ1n) is 7.97. The second-order valence-corrected chi connectivity index (χ2v) is 6.32. The van der Waals surface area contributed by atoms with Crippen LogP contribution < -0.4 is 10.6 Å². The molecule has 1 aliphatic rings. The maximum absolute atomic E-state index is 12.1. The minimum Gasteiger partial charge on any atom is -0.316 e. The Kier molecular flexibility index (Phi) is 5.31. The first-order chi connectivity index (χ1) is 11.2. The third-order valence-corrected chi connectivity index (χ3v) is 4.58. The van der Waals surface area contributed by atoms with Gasteiger partial charge in [-0.25, -0.2) is 4.98 Å². The average Bonchev–Trinajstić information content (AvgIpc) is 3.20. The number of amides is 1. The van der Waals surface area contributed by atoms with Gasteiger partial charge in [0.15, 0.2) is 0 Å². The number of nitrogens with zero attached hydrogens (tertiary/aromatic N) is 2. The quantitative estimate of drug-likeness (QED) is 0.855. The van der Waals surface area contributed by atoms with Crippen LogP contribution >= 0.6 is 11.6 Å². The van der Waals surface area contributed by atoms with Crippen LogP contribution in [0.1, 0.15) is 24.8 Å². The van der Waals surface area contributed by atoms with Crippen LogP contribution in [0.3, 0.4) is 0 Å². The highest BCUT2D eigenvalue weighted by molar-refractivity contribution is 6.31. The molecular weight excluding hydrogens is 312 g/mol. The predicted molar refractivity (Wildman–Crippen MR) is 91.6 cm³/mol. The number of carbonyl (C=O) groups is 1. The van der Waals surface area contributed by atoms with Gasteiger partial charge in [-0.05, 0) is 43.5 Å². The van der Waals surface area contributed by atoms with E-state index in [2.05, 4.69) is 15.6 Å². The predicted octanol–water partition coefficient (Wildman–Crippen LogP) is 2.91. The van der Waals surface area contributed by atoms with Gasteiger partial charge in [0.25, 0.3) is 0 Å². The van der Waals surface area contributed by atoms with Crippen molar-refractivity contribution in [2.45, 2.75) is 25.8 Å². The fraction of sp³-hybridized carbons (Fsp3) is 0.412. The van der Waals surface area contributed by atoms with Crippen LogP contribution in [0.4, 0.5) is 5.95 Å². The number of anilines is 1. The Morgan fingerprint density at radius 1 is 1.43 bits per heavy atom. The number of carbonyl (C=O) groups excluding carboxylic acids is 1. The normalized spacial score (nSPS) is 17.3. The van der Waals surface area contributed by atoms with Crippen molar-refractivity contribution in [2.75, 3.05) is 18.4 Å². The smallest absolute Gasteiger partial charge is 0.226 e. The zero-order valence-corrected chi connectivity index (χ0v) is 13.7. The van der Waals surface area contributed by atoms with E-state index in [0.29, 0.717) is 29.9 Å². The van der Waals surface area contributed by atoms with E-state index in [9.17, 15) is 4.79 Å². The fourth-order valence-corrected chi connectivity index (χ4v) is 3.05. The molecule has 0 bridgehead atoms. The first-order valence-corrected chi connectivity index (χ1v) is 8.35. The van der Waals surface area contributed by atoms with E-state index in [0.717, 1.165) is 31.5 Å². The maximum atomic E-state index is 12.1.